The zero-order valence-electron chi connectivity index (χ0n) is 9.97. The number of aryl methyl sites for hydroxylation is 1. The van der Waals surface area contributed by atoms with Crippen molar-refractivity contribution in [2.75, 3.05) is 6.54 Å². The zero-order chi connectivity index (χ0) is 11.9. The summed E-state index contributed by atoms with van der Waals surface area (Å²) in [5, 5.41) is 5.60. The van der Waals surface area contributed by atoms with Gasteiger partial charge in [0.15, 0.2) is 0 Å². The van der Waals surface area contributed by atoms with E-state index >= 15 is 0 Å². The fourth-order valence-electron chi connectivity index (χ4n) is 1.85. The van der Waals surface area contributed by atoms with Gasteiger partial charge in [-0.15, -0.1) is 11.3 Å². The molecule has 0 amide bonds. The summed E-state index contributed by atoms with van der Waals surface area (Å²) in [6.07, 6.45) is 5.59. The molecule has 0 aromatic carbocycles. The molecule has 1 atom stereocenters. The van der Waals surface area contributed by atoms with Crippen molar-refractivity contribution >= 4 is 11.3 Å². The van der Waals surface area contributed by atoms with Crippen LogP contribution in [0.5, 0.6) is 0 Å². The second kappa shape index (κ2) is 6.47. The highest BCUT2D eigenvalue weighted by atomic mass is 32.1. The lowest BCUT2D eigenvalue weighted by atomic mass is 10.1. The Morgan fingerprint density at radius 2 is 2.35 bits per heavy atom. The Kier molecular flexibility index (Phi) is 4.64. The van der Waals surface area contributed by atoms with Crippen molar-refractivity contribution in [1.29, 1.82) is 0 Å². The summed E-state index contributed by atoms with van der Waals surface area (Å²) in [5.41, 5.74) is 1.08. The van der Waals surface area contributed by atoms with Crippen molar-refractivity contribution in [2.45, 2.75) is 25.8 Å². The lowest BCUT2D eigenvalue weighted by Gasteiger charge is -2.16. The summed E-state index contributed by atoms with van der Waals surface area (Å²) in [6.45, 7) is 3.08. The summed E-state index contributed by atoms with van der Waals surface area (Å²) in [5.74, 6) is 0. The number of hydrogen-bond donors (Lipinski definition) is 1. The average Bonchev–Trinajstić information content (AvgIpc) is 2.88. The molecular formula is C13H17N3S. The Labute approximate surface area is 106 Å². The third-order valence-electron chi connectivity index (χ3n) is 2.67. The molecule has 0 saturated heterocycles. The number of aromatic nitrogens is 2. The topological polar surface area (TPSA) is 37.8 Å². The summed E-state index contributed by atoms with van der Waals surface area (Å²) in [7, 11) is 0. The number of nitrogens with one attached hydrogen (secondary N) is 1. The van der Waals surface area contributed by atoms with Gasteiger partial charge in [-0.1, -0.05) is 13.0 Å². The lowest BCUT2D eigenvalue weighted by molar-refractivity contribution is 0.504. The predicted octanol–water partition coefficient (Wildman–Crippen LogP) is 2.82. The van der Waals surface area contributed by atoms with Crippen LogP contribution >= 0.6 is 11.3 Å². The quantitative estimate of drug-likeness (QED) is 0.853. The molecule has 0 aliphatic rings. The largest absolute Gasteiger partial charge is 0.309 e. The summed E-state index contributed by atoms with van der Waals surface area (Å²) in [6, 6.07) is 6.60. The van der Waals surface area contributed by atoms with Crippen LogP contribution in [-0.2, 0) is 6.42 Å². The fourth-order valence-corrected chi connectivity index (χ4v) is 2.57. The normalized spacial score (nSPS) is 12.5. The van der Waals surface area contributed by atoms with Gasteiger partial charge in [0, 0.05) is 17.1 Å². The average molecular weight is 247 g/mol. The minimum atomic E-state index is 0.324. The Hall–Kier alpha value is -1.26. The van der Waals surface area contributed by atoms with E-state index in [1.165, 1.54) is 4.88 Å². The SMILES string of the molecule is CCNC(CCc1cccs1)c1ccncn1. The highest BCUT2D eigenvalue weighted by molar-refractivity contribution is 7.09. The van der Waals surface area contributed by atoms with Gasteiger partial charge in [0.2, 0.25) is 0 Å². The predicted molar refractivity (Wildman–Crippen MR) is 71.1 cm³/mol. The van der Waals surface area contributed by atoms with Crippen LogP contribution in [0.15, 0.2) is 36.1 Å². The molecule has 0 radical (unpaired) electrons. The Balaban J connectivity index is 1.98. The van der Waals surface area contributed by atoms with Crippen molar-refractivity contribution in [3.8, 4) is 0 Å². The van der Waals surface area contributed by atoms with Gasteiger partial charge in [-0.2, -0.15) is 0 Å². The van der Waals surface area contributed by atoms with Gasteiger partial charge in [-0.3, -0.25) is 0 Å². The molecule has 3 nitrogen and oxygen atoms in total. The highest BCUT2D eigenvalue weighted by Crippen LogP contribution is 2.19. The molecule has 0 aliphatic heterocycles. The van der Waals surface area contributed by atoms with E-state index in [1.807, 2.05) is 17.4 Å². The number of hydrogen-bond acceptors (Lipinski definition) is 4. The third-order valence-corrected chi connectivity index (χ3v) is 3.61. The van der Waals surface area contributed by atoms with Gasteiger partial charge in [-0.05, 0) is 36.9 Å². The third kappa shape index (κ3) is 3.61. The van der Waals surface area contributed by atoms with Gasteiger partial charge < -0.3 is 5.32 Å². The lowest BCUT2D eigenvalue weighted by Crippen LogP contribution is -2.22. The molecule has 2 rings (SSSR count). The van der Waals surface area contributed by atoms with Crippen LogP contribution in [0.1, 0.15) is 30.0 Å². The molecule has 0 fully saturated rings. The van der Waals surface area contributed by atoms with Crippen molar-refractivity contribution in [3.63, 3.8) is 0 Å². The van der Waals surface area contributed by atoms with Crippen molar-refractivity contribution < 1.29 is 0 Å². The standard InChI is InChI=1S/C13H17N3S/c1-2-15-12(13-7-8-14-10-16-13)6-5-11-4-3-9-17-11/h3-4,7-10,12,15H,2,5-6H2,1H3. The fraction of sp³-hybridized carbons (Fsp3) is 0.385. The summed E-state index contributed by atoms with van der Waals surface area (Å²) >= 11 is 1.82. The monoisotopic (exact) mass is 247 g/mol. The number of rotatable bonds is 6. The smallest absolute Gasteiger partial charge is 0.115 e. The first kappa shape index (κ1) is 12.2. The van der Waals surface area contributed by atoms with Crippen LogP contribution in [0.3, 0.4) is 0 Å². The molecule has 0 saturated carbocycles. The minimum absolute atomic E-state index is 0.324. The first-order valence-corrected chi connectivity index (χ1v) is 6.79. The van der Waals surface area contributed by atoms with Crippen molar-refractivity contribution in [3.05, 3.63) is 46.7 Å². The van der Waals surface area contributed by atoms with Gasteiger partial charge in [0.25, 0.3) is 0 Å². The van der Waals surface area contributed by atoms with Gasteiger partial charge >= 0.3 is 0 Å². The van der Waals surface area contributed by atoms with Gasteiger partial charge in [0.1, 0.15) is 6.33 Å². The minimum Gasteiger partial charge on any atom is -0.309 e. The van der Waals surface area contributed by atoms with Crippen molar-refractivity contribution in [1.82, 2.24) is 15.3 Å². The van der Waals surface area contributed by atoms with Crippen LogP contribution in [-0.4, -0.2) is 16.5 Å². The summed E-state index contributed by atoms with van der Waals surface area (Å²) < 4.78 is 0. The first-order valence-electron chi connectivity index (χ1n) is 5.92. The van der Waals surface area contributed by atoms with Crippen LogP contribution < -0.4 is 5.32 Å². The first-order chi connectivity index (χ1) is 8.40. The molecule has 0 spiro atoms. The number of nitrogens with zero attached hydrogens (tertiary/aromatic N) is 2. The Morgan fingerprint density at radius 1 is 1.41 bits per heavy atom. The van der Waals surface area contributed by atoms with E-state index in [2.05, 4.69) is 39.7 Å². The molecule has 17 heavy (non-hydrogen) atoms. The van der Waals surface area contributed by atoms with E-state index < -0.39 is 0 Å². The van der Waals surface area contributed by atoms with Gasteiger partial charge in [-0.25, -0.2) is 9.97 Å². The number of thiophene rings is 1. The van der Waals surface area contributed by atoms with E-state index in [-0.39, 0.29) is 0 Å². The molecule has 1 N–H and O–H groups in total. The molecule has 0 bridgehead atoms. The van der Waals surface area contributed by atoms with E-state index in [1.54, 1.807) is 12.5 Å². The molecule has 2 heterocycles. The molecule has 2 aromatic heterocycles. The van der Waals surface area contributed by atoms with Crippen LogP contribution in [0.4, 0.5) is 0 Å². The zero-order valence-corrected chi connectivity index (χ0v) is 10.8. The Bertz CT molecular complexity index is 413. The van der Waals surface area contributed by atoms with Crippen LogP contribution in [0, 0.1) is 0 Å². The second-order valence-corrected chi connectivity index (χ2v) is 4.89. The van der Waals surface area contributed by atoms with Crippen LogP contribution in [0.2, 0.25) is 0 Å². The van der Waals surface area contributed by atoms with E-state index in [0.29, 0.717) is 6.04 Å². The molecule has 4 heteroatoms. The molecular weight excluding hydrogens is 230 g/mol. The second-order valence-electron chi connectivity index (χ2n) is 3.86. The Morgan fingerprint density at radius 3 is 3.00 bits per heavy atom. The van der Waals surface area contributed by atoms with Gasteiger partial charge in [0.05, 0.1) is 5.69 Å². The van der Waals surface area contributed by atoms with Crippen molar-refractivity contribution in [2.24, 2.45) is 0 Å². The van der Waals surface area contributed by atoms with E-state index in [0.717, 1.165) is 25.1 Å². The van der Waals surface area contributed by atoms with E-state index in [4.69, 9.17) is 0 Å². The van der Waals surface area contributed by atoms with E-state index in [9.17, 15) is 0 Å². The molecule has 1 unspecified atom stereocenters. The highest BCUT2D eigenvalue weighted by Gasteiger charge is 2.11. The maximum absolute atomic E-state index is 4.33. The molecule has 90 valence electrons. The molecule has 0 aliphatic carbocycles. The molecule has 2 aromatic rings. The summed E-state index contributed by atoms with van der Waals surface area (Å²) in [4.78, 5) is 9.72. The maximum atomic E-state index is 4.33. The maximum Gasteiger partial charge on any atom is 0.115 e. The van der Waals surface area contributed by atoms with Crippen LogP contribution in [0.25, 0.3) is 0 Å².